The summed E-state index contributed by atoms with van der Waals surface area (Å²) in [7, 11) is -3.65. The van der Waals surface area contributed by atoms with Gasteiger partial charge in [0.2, 0.25) is 10.0 Å². The van der Waals surface area contributed by atoms with Gasteiger partial charge in [-0.3, -0.25) is 0 Å². The van der Waals surface area contributed by atoms with Gasteiger partial charge in [-0.15, -0.1) is 0 Å². The lowest BCUT2D eigenvalue weighted by atomic mass is 9.89. The summed E-state index contributed by atoms with van der Waals surface area (Å²) < 4.78 is 35.8. The maximum atomic E-state index is 13.3. The predicted octanol–water partition coefficient (Wildman–Crippen LogP) is 6.61. The fourth-order valence-electron chi connectivity index (χ4n) is 4.14. The van der Waals surface area contributed by atoms with Crippen LogP contribution in [-0.4, -0.2) is 21.1 Å². The molecule has 1 N–H and O–H groups in total. The van der Waals surface area contributed by atoms with Gasteiger partial charge in [0.1, 0.15) is 0 Å². The lowest BCUT2D eigenvalue weighted by Gasteiger charge is -2.29. The highest BCUT2D eigenvalue weighted by Gasteiger charge is 2.28. The van der Waals surface area contributed by atoms with Gasteiger partial charge in [-0.05, 0) is 36.6 Å². The van der Waals surface area contributed by atoms with Crippen molar-refractivity contribution in [3.63, 3.8) is 0 Å². The second kappa shape index (κ2) is 13.4. The fraction of sp³-hybridized carbons (Fsp3) is 0.379. The number of benzene rings is 3. The normalized spacial score (nSPS) is 13.5. The SMILES string of the molecule is CCCCCC[C@H](NS(=O)(=O)c1ccc(C)cc1)[C@@H](COCc1ccccc1)c1ccccc1. The van der Waals surface area contributed by atoms with E-state index in [0.29, 0.717) is 18.1 Å². The lowest BCUT2D eigenvalue weighted by Crippen LogP contribution is -2.41. The van der Waals surface area contributed by atoms with Crippen LogP contribution in [0.15, 0.2) is 89.8 Å². The molecule has 4 nitrogen and oxygen atoms in total. The third-order valence-electron chi connectivity index (χ3n) is 6.13. The Morgan fingerprint density at radius 1 is 0.824 bits per heavy atom. The van der Waals surface area contributed by atoms with Crippen LogP contribution in [0.25, 0.3) is 0 Å². The Morgan fingerprint density at radius 2 is 1.47 bits per heavy atom. The van der Waals surface area contributed by atoms with Crippen LogP contribution < -0.4 is 4.72 Å². The van der Waals surface area contributed by atoms with Gasteiger partial charge in [0.15, 0.2) is 0 Å². The second-order valence-electron chi connectivity index (χ2n) is 8.91. The van der Waals surface area contributed by atoms with Crippen LogP contribution in [0.2, 0.25) is 0 Å². The van der Waals surface area contributed by atoms with E-state index in [1.165, 1.54) is 0 Å². The Bertz CT molecular complexity index is 1070. The van der Waals surface area contributed by atoms with E-state index in [-0.39, 0.29) is 12.0 Å². The summed E-state index contributed by atoms with van der Waals surface area (Å²) in [5.41, 5.74) is 3.23. The zero-order valence-electron chi connectivity index (χ0n) is 20.3. The van der Waals surface area contributed by atoms with Crippen LogP contribution >= 0.6 is 0 Å². The lowest BCUT2D eigenvalue weighted by molar-refractivity contribution is 0.0976. The van der Waals surface area contributed by atoms with Gasteiger partial charge in [0.05, 0.1) is 18.1 Å². The molecule has 0 amide bonds. The van der Waals surface area contributed by atoms with Gasteiger partial charge in [-0.2, -0.15) is 0 Å². The zero-order chi connectivity index (χ0) is 24.2. The largest absolute Gasteiger partial charge is 0.376 e. The third-order valence-corrected chi connectivity index (χ3v) is 7.63. The van der Waals surface area contributed by atoms with Crippen LogP contribution in [0.5, 0.6) is 0 Å². The molecule has 0 aliphatic rings. The van der Waals surface area contributed by atoms with Crippen molar-refractivity contribution in [1.29, 1.82) is 0 Å². The monoisotopic (exact) mass is 479 g/mol. The first-order valence-corrected chi connectivity index (χ1v) is 13.7. The first-order valence-electron chi connectivity index (χ1n) is 12.2. The van der Waals surface area contributed by atoms with Crippen molar-refractivity contribution in [3.8, 4) is 0 Å². The van der Waals surface area contributed by atoms with Gasteiger partial charge in [-0.25, -0.2) is 13.1 Å². The quantitative estimate of drug-likeness (QED) is 0.265. The number of unbranched alkanes of at least 4 members (excludes halogenated alkanes) is 3. The highest BCUT2D eigenvalue weighted by molar-refractivity contribution is 7.89. The van der Waals surface area contributed by atoms with Crippen molar-refractivity contribution in [2.24, 2.45) is 0 Å². The van der Waals surface area contributed by atoms with Crippen LogP contribution in [0.1, 0.15) is 61.6 Å². The molecule has 0 saturated carbocycles. The molecular weight excluding hydrogens is 442 g/mol. The number of rotatable bonds is 14. The molecule has 0 bridgehead atoms. The van der Waals surface area contributed by atoms with E-state index >= 15 is 0 Å². The third kappa shape index (κ3) is 8.08. The van der Waals surface area contributed by atoms with Gasteiger partial charge >= 0.3 is 0 Å². The van der Waals surface area contributed by atoms with E-state index in [4.69, 9.17) is 4.74 Å². The van der Waals surface area contributed by atoms with Crippen LogP contribution in [-0.2, 0) is 21.4 Å². The molecule has 0 radical (unpaired) electrons. The minimum Gasteiger partial charge on any atom is -0.376 e. The van der Waals surface area contributed by atoms with E-state index in [0.717, 1.165) is 48.8 Å². The Balaban J connectivity index is 1.83. The molecule has 5 heteroatoms. The average Bonchev–Trinajstić information content (AvgIpc) is 2.85. The Kier molecular flexibility index (Phi) is 10.3. The van der Waals surface area contributed by atoms with Crippen molar-refractivity contribution < 1.29 is 13.2 Å². The molecule has 0 fully saturated rings. The summed E-state index contributed by atoms with van der Waals surface area (Å²) in [6, 6.07) is 27.0. The van der Waals surface area contributed by atoms with Gasteiger partial charge in [-0.1, -0.05) is 111 Å². The molecule has 0 heterocycles. The molecule has 182 valence electrons. The Labute approximate surface area is 205 Å². The molecule has 0 aliphatic heterocycles. The zero-order valence-corrected chi connectivity index (χ0v) is 21.1. The highest BCUT2D eigenvalue weighted by Crippen LogP contribution is 2.26. The Morgan fingerprint density at radius 3 is 2.12 bits per heavy atom. The smallest absolute Gasteiger partial charge is 0.240 e. The Hall–Kier alpha value is -2.47. The number of hydrogen-bond acceptors (Lipinski definition) is 3. The van der Waals surface area contributed by atoms with E-state index in [1.54, 1.807) is 12.1 Å². The van der Waals surface area contributed by atoms with Crippen LogP contribution in [0, 0.1) is 6.92 Å². The molecule has 3 aromatic carbocycles. The number of sulfonamides is 1. The van der Waals surface area contributed by atoms with E-state index in [1.807, 2.05) is 67.6 Å². The van der Waals surface area contributed by atoms with Crippen molar-refractivity contribution in [3.05, 3.63) is 102 Å². The van der Waals surface area contributed by atoms with E-state index < -0.39 is 10.0 Å². The number of aryl methyl sites for hydroxylation is 1. The summed E-state index contributed by atoms with van der Waals surface area (Å²) >= 11 is 0. The number of hydrogen-bond donors (Lipinski definition) is 1. The van der Waals surface area contributed by atoms with Gasteiger partial charge in [0, 0.05) is 12.0 Å². The van der Waals surface area contributed by atoms with Gasteiger partial charge < -0.3 is 4.74 Å². The summed E-state index contributed by atoms with van der Waals surface area (Å²) in [6.45, 7) is 5.07. The summed E-state index contributed by atoms with van der Waals surface area (Å²) in [5, 5.41) is 0. The first-order chi connectivity index (χ1) is 16.5. The molecule has 0 spiro atoms. The van der Waals surface area contributed by atoms with Crippen molar-refractivity contribution in [1.82, 2.24) is 4.72 Å². The molecular formula is C29H37NO3S. The fourth-order valence-corrected chi connectivity index (χ4v) is 5.45. The molecule has 0 aromatic heterocycles. The highest BCUT2D eigenvalue weighted by atomic mass is 32.2. The molecule has 2 atom stereocenters. The maximum Gasteiger partial charge on any atom is 0.240 e. The van der Waals surface area contributed by atoms with Crippen molar-refractivity contribution >= 4 is 10.0 Å². The van der Waals surface area contributed by atoms with Crippen molar-refractivity contribution in [2.45, 2.75) is 69.4 Å². The average molecular weight is 480 g/mol. The summed E-state index contributed by atoms with van der Waals surface area (Å²) in [4.78, 5) is 0.300. The van der Waals surface area contributed by atoms with Crippen molar-refractivity contribution in [2.75, 3.05) is 6.61 Å². The second-order valence-corrected chi connectivity index (χ2v) is 10.6. The van der Waals surface area contributed by atoms with Gasteiger partial charge in [0.25, 0.3) is 0 Å². The molecule has 3 rings (SSSR count). The number of ether oxygens (including phenoxy) is 1. The molecule has 0 unspecified atom stereocenters. The van der Waals surface area contributed by atoms with Crippen LogP contribution in [0.3, 0.4) is 0 Å². The first kappa shape index (κ1) is 26.1. The molecule has 34 heavy (non-hydrogen) atoms. The summed E-state index contributed by atoms with van der Waals surface area (Å²) in [5.74, 6) is -0.0910. The maximum absolute atomic E-state index is 13.3. The minimum absolute atomic E-state index is 0.0910. The topological polar surface area (TPSA) is 55.4 Å². The predicted molar refractivity (Wildman–Crippen MR) is 139 cm³/mol. The minimum atomic E-state index is -3.65. The van der Waals surface area contributed by atoms with E-state index in [9.17, 15) is 8.42 Å². The molecule has 0 aliphatic carbocycles. The van der Waals surface area contributed by atoms with Crippen LogP contribution in [0.4, 0.5) is 0 Å². The summed E-state index contributed by atoms with van der Waals surface area (Å²) in [6.07, 6.45) is 5.11. The standard InChI is InChI=1S/C29H37NO3S/c1-3-4-5-12-17-29(30-34(31,32)27-20-18-24(2)19-21-27)28(26-15-10-7-11-16-26)23-33-22-25-13-8-6-9-14-25/h6-11,13-16,18-21,28-30H,3-5,12,17,22-23H2,1-2H3/t28-,29-/m0/s1. The van der Waals surface area contributed by atoms with E-state index in [2.05, 4.69) is 23.8 Å². The molecule has 3 aromatic rings. The number of nitrogens with one attached hydrogen (secondary N) is 1. The molecule has 0 saturated heterocycles.